The number of rotatable bonds is 7. The molecule has 3 aromatic rings. The van der Waals surface area contributed by atoms with Crippen LogP contribution in [0.3, 0.4) is 0 Å². The number of carbonyl (C=O) groups is 2. The smallest absolute Gasteiger partial charge is 0.273 e. The van der Waals surface area contributed by atoms with Crippen LogP contribution in [-0.2, 0) is 12.0 Å². The summed E-state index contributed by atoms with van der Waals surface area (Å²) in [6, 6.07) is 13.9. The zero-order valence-electron chi connectivity index (χ0n) is 25.0. The molecule has 2 aromatic carbocycles. The van der Waals surface area contributed by atoms with Crippen LogP contribution in [0, 0.1) is 6.92 Å². The number of benzene rings is 2. The zero-order chi connectivity index (χ0) is 29.1. The van der Waals surface area contributed by atoms with Crippen molar-refractivity contribution in [3.05, 3.63) is 70.4 Å². The summed E-state index contributed by atoms with van der Waals surface area (Å²) in [5.41, 5.74) is 5.46. The molecular weight excluding hydrogens is 514 g/mol. The maximum Gasteiger partial charge on any atom is 0.273 e. The minimum atomic E-state index is -0.208. The average Bonchev–Trinajstić information content (AvgIpc) is 3.63. The van der Waals surface area contributed by atoms with Gasteiger partial charge in [0.25, 0.3) is 11.8 Å². The van der Waals surface area contributed by atoms with E-state index in [2.05, 4.69) is 65.5 Å². The SMILES string of the molecule is Cc1ccc(NC(=O)c2cc(C(C)(C)C)ccc2CN2CCN(C)CC2)cc1-c1cc(C(=O)NC2CCCC2)no1. The van der Waals surface area contributed by atoms with Gasteiger partial charge in [-0.05, 0) is 67.1 Å². The van der Waals surface area contributed by atoms with Gasteiger partial charge in [-0.3, -0.25) is 14.5 Å². The van der Waals surface area contributed by atoms with E-state index in [0.717, 1.165) is 80.7 Å². The van der Waals surface area contributed by atoms with Crippen molar-refractivity contribution in [3.8, 4) is 11.3 Å². The Morgan fingerprint density at radius 3 is 2.41 bits per heavy atom. The second-order valence-corrected chi connectivity index (χ2v) is 12.7. The van der Waals surface area contributed by atoms with E-state index >= 15 is 0 Å². The predicted octanol–water partition coefficient (Wildman–Crippen LogP) is 5.62. The second-order valence-electron chi connectivity index (χ2n) is 12.7. The number of carbonyl (C=O) groups excluding carboxylic acids is 2. The van der Waals surface area contributed by atoms with Crippen molar-refractivity contribution in [3.63, 3.8) is 0 Å². The Morgan fingerprint density at radius 2 is 1.71 bits per heavy atom. The highest BCUT2D eigenvalue weighted by Gasteiger charge is 2.23. The van der Waals surface area contributed by atoms with E-state index in [4.69, 9.17) is 4.52 Å². The van der Waals surface area contributed by atoms with Gasteiger partial charge in [-0.25, -0.2) is 0 Å². The third-order valence-corrected chi connectivity index (χ3v) is 8.40. The topological polar surface area (TPSA) is 90.7 Å². The van der Waals surface area contributed by atoms with E-state index in [-0.39, 0.29) is 29.0 Å². The van der Waals surface area contributed by atoms with Gasteiger partial charge in [0, 0.05) is 61.6 Å². The number of anilines is 1. The van der Waals surface area contributed by atoms with Crippen molar-refractivity contribution in [1.82, 2.24) is 20.3 Å². The molecule has 8 heteroatoms. The molecule has 1 aliphatic heterocycles. The number of nitrogens with zero attached hydrogens (tertiary/aromatic N) is 3. The first-order chi connectivity index (χ1) is 19.6. The van der Waals surface area contributed by atoms with Crippen LogP contribution in [0.1, 0.15) is 84.0 Å². The molecule has 2 amide bonds. The molecule has 1 aliphatic carbocycles. The quantitative estimate of drug-likeness (QED) is 0.392. The summed E-state index contributed by atoms with van der Waals surface area (Å²) in [5.74, 6) is 0.158. The van der Waals surface area contributed by atoms with E-state index in [1.807, 2.05) is 31.2 Å². The zero-order valence-corrected chi connectivity index (χ0v) is 25.0. The van der Waals surface area contributed by atoms with Crippen LogP contribution in [-0.4, -0.2) is 66.0 Å². The molecule has 0 unspecified atom stereocenters. The fourth-order valence-electron chi connectivity index (χ4n) is 5.64. The van der Waals surface area contributed by atoms with Gasteiger partial charge in [0.1, 0.15) is 0 Å². The van der Waals surface area contributed by atoms with Gasteiger partial charge in [0.15, 0.2) is 11.5 Å². The van der Waals surface area contributed by atoms with Crippen molar-refractivity contribution in [2.24, 2.45) is 0 Å². The van der Waals surface area contributed by atoms with E-state index in [9.17, 15) is 9.59 Å². The van der Waals surface area contributed by atoms with Crippen LogP contribution in [0.25, 0.3) is 11.3 Å². The molecule has 0 atom stereocenters. The first-order valence-electron chi connectivity index (χ1n) is 14.8. The fourth-order valence-corrected chi connectivity index (χ4v) is 5.64. The minimum Gasteiger partial charge on any atom is -0.355 e. The lowest BCUT2D eigenvalue weighted by Crippen LogP contribution is -2.44. The maximum atomic E-state index is 13.8. The molecule has 0 bridgehead atoms. The van der Waals surface area contributed by atoms with E-state index in [1.54, 1.807) is 6.07 Å². The highest BCUT2D eigenvalue weighted by atomic mass is 16.5. The molecule has 2 fully saturated rings. The van der Waals surface area contributed by atoms with E-state index in [1.165, 1.54) is 0 Å². The molecule has 5 rings (SSSR count). The standard InChI is InChI=1S/C33H43N5O3/c1-22-10-13-26(19-27(22)30-20-29(36-41-30)32(40)34-25-8-6-7-9-25)35-31(39)28-18-24(33(2,3)4)12-11-23(28)21-38-16-14-37(5)15-17-38/h10-13,18-20,25H,6-9,14-17,21H2,1-5H3,(H,34,40)(H,35,39). The lowest BCUT2D eigenvalue weighted by Gasteiger charge is -2.33. The predicted molar refractivity (Wildman–Crippen MR) is 162 cm³/mol. The molecule has 1 saturated heterocycles. The molecular formula is C33H43N5O3. The lowest BCUT2D eigenvalue weighted by molar-refractivity contribution is 0.0928. The van der Waals surface area contributed by atoms with Gasteiger partial charge in [0.2, 0.25) is 0 Å². The third kappa shape index (κ3) is 7.05. The molecule has 2 N–H and O–H groups in total. The van der Waals surface area contributed by atoms with Gasteiger partial charge in [-0.2, -0.15) is 0 Å². The number of aryl methyl sites for hydroxylation is 1. The summed E-state index contributed by atoms with van der Waals surface area (Å²) in [4.78, 5) is 31.2. The number of aromatic nitrogens is 1. The highest BCUT2D eigenvalue weighted by Crippen LogP contribution is 2.30. The van der Waals surface area contributed by atoms with Gasteiger partial charge >= 0.3 is 0 Å². The van der Waals surface area contributed by atoms with Gasteiger partial charge in [-0.15, -0.1) is 0 Å². The van der Waals surface area contributed by atoms with Crippen LogP contribution in [0.4, 0.5) is 5.69 Å². The first-order valence-corrected chi connectivity index (χ1v) is 14.8. The maximum absolute atomic E-state index is 13.8. The second kappa shape index (κ2) is 12.2. The van der Waals surface area contributed by atoms with E-state index in [0.29, 0.717) is 17.0 Å². The summed E-state index contributed by atoms with van der Waals surface area (Å²) >= 11 is 0. The van der Waals surface area contributed by atoms with Crippen molar-refractivity contribution >= 4 is 17.5 Å². The molecule has 1 saturated carbocycles. The van der Waals surface area contributed by atoms with Crippen molar-refractivity contribution in [2.45, 2.75) is 71.4 Å². The summed E-state index contributed by atoms with van der Waals surface area (Å²) in [6.07, 6.45) is 4.30. The van der Waals surface area contributed by atoms with Crippen LogP contribution in [0.15, 0.2) is 47.0 Å². The Morgan fingerprint density at radius 1 is 0.976 bits per heavy atom. The molecule has 2 aliphatic rings. The largest absolute Gasteiger partial charge is 0.355 e. The van der Waals surface area contributed by atoms with Crippen molar-refractivity contribution in [1.29, 1.82) is 0 Å². The van der Waals surface area contributed by atoms with Crippen LogP contribution in [0.2, 0.25) is 0 Å². The Labute approximate surface area is 243 Å². The monoisotopic (exact) mass is 557 g/mol. The summed E-state index contributed by atoms with van der Waals surface area (Å²) < 4.78 is 5.59. The number of amides is 2. The Balaban J connectivity index is 1.36. The molecule has 2 heterocycles. The van der Waals surface area contributed by atoms with Gasteiger partial charge < -0.3 is 20.1 Å². The number of nitrogens with one attached hydrogen (secondary N) is 2. The number of hydrogen-bond acceptors (Lipinski definition) is 6. The average molecular weight is 558 g/mol. The number of hydrogen-bond donors (Lipinski definition) is 2. The van der Waals surface area contributed by atoms with Crippen molar-refractivity contribution < 1.29 is 14.1 Å². The number of likely N-dealkylation sites (N-methyl/N-ethyl adjacent to an activating group) is 1. The molecule has 41 heavy (non-hydrogen) atoms. The van der Waals surface area contributed by atoms with Crippen LogP contribution in [0.5, 0.6) is 0 Å². The normalized spacial score (nSPS) is 17.1. The fraction of sp³-hybridized carbons (Fsp3) is 0.485. The van der Waals surface area contributed by atoms with Crippen LogP contribution < -0.4 is 10.6 Å². The number of piperazine rings is 1. The highest BCUT2D eigenvalue weighted by molar-refractivity contribution is 6.05. The lowest BCUT2D eigenvalue weighted by atomic mass is 9.85. The molecule has 0 spiro atoms. The molecule has 8 nitrogen and oxygen atoms in total. The van der Waals surface area contributed by atoms with Gasteiger partial charge in [0.05, 0.1) is 0 Å². The van der Waals surface area contributed by atoms with Crippen LogP contribution >= 0.6 is 0 Å². The Kier molecular flexibility index (Phi) is 8.61. The van der Waals surface area contributed by atoms with Gasteiger partial charge in [-0.1, -0.05) is 57.0 Å². The minimum absolute atomic E-state index is 0.0769. The first kappa shape index (κ1) is 29.0. The molecule has 0 radical (unpaired) electrons. The Bertz CT molecular complexity index is 1390. The molecule has 1 aromatic heterocycles. The summed E-state index contributed by atoms with van der Waals surface area (Å²) in [7, 11) is 2.15. The van der Waals surface area contributed by atoms with Crippen molar-refractivity contribution in [2.75, 3.05) is 38.5 Å². The third-order valence-electron chi connectivity index (χ3n) is 8.40. The summed E-state index contributed by atoms with van der Waals surface area (Å²) in [6.45, 7) is 13.2. The molecule has 218 valence electrons. The Hall–Kier alpha value is -3.49. The summed E-state index contributed by atoms with van der Waals surface area (Å²) in [5, 5.41) is 10.2. The van der Waals surface area contributed by atoms with E-state index < -0.39 is 0 Å².